The molecule has 0 atom stereocenters. The summed E-state index contributed by atoms with van der Waals surface area (Å²) >= 11 is 0. The third-order valence-electron chi connectivity index (χ3n) is 2.17. The van der Waals surface area contributed by atoms with E-state index >= 15 is 0 Å². The zero-order valence-electron chi connectivity index (χ0n) is 11.0. The number of hydrogen-bond donors (Lipinski definition) is 2. The van der Waals surface area contributed by atoms with Gasteiger partial charge in [-0.1, -0.05) is 39.8 Å². The second kappa shape index (κ2) is 7.29. The summed E-state index contributed by atoms with van der Waals surface area (Å²) in [6, 6.07) is 5.81. The first kappa shape index (κ1) is 15.0. The smallest absolute Gasteiger partial charge is 0.119 e. The van der Waals surface area contributed by atoms with Crippen molar-refractivity contribution in [3.63, 3.8) is 0 Å². The Balaban J connectivity index is 0.000000385. The Morgan fingerprint density at radius 1 is 1.12 bits per heavy atom. The molecule has 0 spiro atoms. The van der Waals surface area contributed by atoms with Crippen molar-refractivity contribution in [2.75, 3.05) is 6.61 Å². The summed E-state index contributed by atoms with van der Waals surface area (Å²) in [5.74, 6) is 1.26. The van der Waals surface area contributed by atoms with Gasteiger partial charge in [-0.2, -0.15) is 0 Å². The SMILES string of the molecule is CC(C)CO.Cc1ccc(C(C)C)c(O)c1. The number of aromatic hydroxyl groups is 1. The third kappa shape index (κ3) is 5.76. The first-order valence-corrected chi connectivity index (χ1v) is 5.78. The van der Waals surface area contributed by atoms with Gasteiger partial charge in [0, 0.05) is 6.61 Å². The number of phenolic OH excluding ortho intramolecular Hbond substituents is 1. The number of aliphatic hydroxyl groups excluding tert-OH is 1. The van der Waals surface area contributed by atoms with Crippen molar-refractivity contribution in [3.05, 3.63) is 29.3 Å². The van der Waals surface area contributed by atoms with Gasteiger partial charge in [-0.15, -0.1) is 0 Å². The van der Waals surface area contributed by atoms with E-state index in [1.807, 2.05) is 32.9 Å². The predicted octanol–water partition coefficient (Wildman–Crippen LogP) is 3.46. The van der Waals surface area contributed by atoms with Crippen LogP contribution in [0.2, 0.25) is 0 Å². The molecule has 0 heterocycles. The van der Waals surface area contributed by atoms with Crippen LogP contribution in [0.5, 0.6) is 5.75 Å². The van der Waals surface area contributed by atoms with Gasteiger partial charge in [0.25, 0.3) is 0 Å². The Hall–Kier alpha value is -1.02. The van der Waals surface area contributed by atoms with Gasteiger partial charge < -0.3 is 10.2 Å². The Morgan fingerprint density at radius 3 is 1.94 bits per heavy atom. The van der Waals surface area contributed by atoms with Crippen molar-refractivity contribution >= 4 is 0 Å². The number of aryl methyl sites for hydroxylation is 1. The lowest BCUT2D eigenvalue weighted by molar-refractivity contribution is 0.248. The maximum absolute atomic E-state index is 9.46. The van der Waals surface area contributed by atoms with Crippen molar-refractivity contribution in [1.82, 2.24) is 0 Å². The summed E-state index contributed by atoms with van der Waals surface area (Å²) in [5, 5.41) is 17.6. The summed E-state index contributed by atoms with van der Waals surface area (Å²) in [6.07, 6.45) is 0. The normalized spacial score (nSPS) is 10.2. The fourth-order valence-electron chi connectivity index (χ4n) is 1.14. The van der Waals surface area contributed by atoms with E-state index < -0.39 is 0 Å². The highest BCUT2D eigenvalue weighted by Crippen LogP contribution is 2.25. The molecule has 0 fully saturated rings. The summed E-state index contributed by atoms with van der Waals surface area (Å²) in [7, 11) is 0. The number of rotatable bonds is 2. The van der Waals surface area contributed by atoms with Crippen molar-refractivity contribution in [2.45, 2.75) is 40.5 Å². The largest absolute Gasteiger partial charge is 0.508 e. The monoisotopic (exact) mass is 224 g/mol. The molecule has 0 aliphatic rings. The highest BCUT2D eigenvalue weighted by atomic mass is 16.3. The van der Waals surface area contributed by atoms with Crippen LogP contribution in [0, 0.1) is 12.8 Å². The van der Waals surface area contributed by atoms with Gasteiger partial charge in [0.1, 0.15) is 5.75 Å². The quantitative estimate of drug-likeness (QED) is 0.807. The number of hydrogen-bond acceptors (Lipinski definition) is 2. The van der Waals surface area contributed by atoms with Gasteiger partial charge in [0.2, 0.25) is 0 Å². The van der Waals surface area contributed by atoms with Gasteiger partial charge >= 0.3 is 0 Å². The summed E-state index contributed by atoms with van der Waals surface area (Å²) < 4.78 is 0. The molecule has 0 bridgehead atoms. The Morgan fingerprint density at radius 2 is 1.62 bits per heavy atom. The lowest BCUT2D eigenvalue weighted by Crippen LogP contribution is -1.90. The molecule has 92 valence electrons. The average Bonchev–Trinajstić information content (AvgIpc) is 2.17. The van der Waals surface area contributed by atoms with Crippen molar-refractivity contribution in [1.29, 1.82) is 0 Å². The molecule has 1 rings (SSSR count). The molecule has 2 N–H and O–H groups in total. The molecule has 0 aromatic heterocycles. The Labute approximate surface area is 98.9 Å². The summed E-state index contributed by atoms with van der Waals surface area (Å²) in [5.41, 5.74) is 2.13. The van der Waals surface area contributed by atoms with Gasteiger partial charge in [-0.25, -0.2) is 0 Å². The summed E-state index contributed by atoms with van der Waals surface area (Å²) in [6.45, 7) is 10.4. The average molecular weight is 224 g/mol. The zero-order chi connectivity index (χ0) is 12.7. The molecule has 1 aromatic rings. The van der Waals surface area contributed by atoms with E-state index in [0.717, 1.165) is 11.1 Å². The van der Waals surface area contributed by atoms with Crippen LogP contribution in [0.4, 0.5) is 0 Å². The minimum absolute atomic E-state index is 0.306. The van der Waals surface area contributed by atoms with Crippen LogP contribution in [0.15, 0.2) is 18.2 Å². The molecule has 1 aromatic carbocycles. The van der Waals surface area contributed by atoms with Gasteiger partial charge in [-0.3, -0.25) is 0 Å². The van der Waals surface area contributed by atoms with Crippen LogP contribution in [0.3, 0.4) is 0 Å². The maximum Gasteiger partial charge on any atom is 0.119 e. The first-order valence-electron chi connectivity index (χ1n) is 5.78. The van der Waals surface area contributed by atoms with E-state index in [1.165, 1.54) is 0 Å². The zero-order valence-corrected chi connectivity index (χ0v) is 11.0. The van der Waals surface area contributed by atoms with E-state index in [1.54, 1.807) is 6.07 Å². The van der Waals surface area contributed by atoms with Crippen molar-refractivity contribution in [3.8, 4) is 5.75 Å². The highest BCUT2D eigenvalue weighted by Gasteiger charge is 2.03. The molecule has 0 aliphatic carbocycles. The molecule has 0 saturated carbocycles. The van der Waals surface area contributed by atoms with E-state index in [-0.39, 0.29) is 0 Å². The topological polar surface area (TPSA) is 40.5 Å². The second-order valence-corrected chi connectivity index (χ2v) is 4.79. The molecule has 0 unspecified atom stereocenters. The highest BCUT2D eigenvalue weighted by molar-refractivity contribution is 5.37. The van der Waals surface area contributed by atoms with Crippen LogP contribution in [0.25, 0.3) is 0 Å². The molecule has 2 heteroatoms. The Bertz CT molecular complexity index is 304. The van der Waals surface area contributed by atoms with Crippen LogP contribution in [-0.2, 0) is 0 Å². The molecule has 0 amide bonds. The minimum atomic E-state index is 0.306. The molecule has 0 aliphatic heterocycles. The number of phenols is 1. The van der Waals surface area contributed by atoms with Crippen LogP contribution in [0.1, 0.15) is 44.7 Å². The van der Waals surface area contributed by atoms with E-state index in [0.29, 0.717) is 24.2 Å². The number of benzene rings is 1. The molecular weight excluding hydrogens is 200 g/mol. The maximum atomic E-state index is 9.46. The predicted molar refractivity (Wildman–Crippen MR) is 68.9 cm³/mol. The van der Waals surface area contributed by atoms with Gasteiger partial charge in [0.15, 0.2) is 0 Å². The lowest BCUT2D eigenvalue weighted by Gasteiger charge is -2.07. The standard InChI is InChI=1S/C10H14O.C4H10O/c1-7(2)9-5-4-8(3)6-10(9)11;1-4(2)3-5/h4-7,11H,1-3H3;4-5H,3H2,1-2H3. The number of aliphatic hydroxyl groups is 1. The second-order valence-electron chi connectivity index (χ2n) is 4.79. The molecule has 0 radical (unpaired) electrons. The van der Waals surface area contributed by atoms with Crippen molar-refractivity contribution in [2.24, 2.45) is 5.92 Å². The summed E-state index contributed by atoms with van der Waals surface area (Å²) in [4.78, 5) is 0. The van der Waals surface area contributed by atoms with Gasteiger partial charge in [-0.05, 0) is 36.0 Å². The van der Waals surface area contributed by atoms with Crippen LogP contribution < -0.4 is 0 Å². The van der Waals surface area contributed by atoms with Crippen LogP contribution in [-0.4, -0.2) is 16.8 Å². The molecule has 2 nitrogen and oxygen atoms in total. The van der Waals surface area contributed by atoms with Crippen LogP contribution >= 0.6 is 0 Å². The fraction of sp³-hybridized carbons (Fsp3) is 0.571. The van der Waals surface area contributed by atoms with E-state index in [2.05, 4.69) is 13.8 Å². The Kier molecular flexibility index (Phi) is 6.82. The van der Waals surface area contributed by atoms with E-state index in [9.17, 15) is 5.11 Å². The fourth-order valence-corrected chi connectivity index (χ4v) is 1.14. The molecule has 0 saturated heterocycles. The minimum Gasteiger partial charge on any atom is -0.508 e. The molecular formula is C14H24O2. The third-order valence-corrected chi connectivity index (χ3v) is 2.17. The molecule has 16 heavy (non-hydrogen) atoms. The van der Waals surface area contributed by atoms with Crippen molar-refractivity contribution < 1.29 is 10.2 Å². The van der Waals surface area contributed by atoms with Gasteiger partial charge in [0.05, 0.1) is 0 Å². The first-order chi connectivity index (χ1) is 7.38. The van der Waals surface area contributed by atoms with E-state index in [4.69, 9.17) is 5.11 Å². The lowest BCUT2D eigenvalue weighted by atomic mass is 10.0.